The van der Waals surface area contributed by atoms with E-state index in [9.17, 15) is 16.8 Å². The van der Waals surface area contributed by atoms with Crippen LogP contribution in [0.5, 0.6) is 11.5 Å². The molecule has 0 aromatic heterocycles. The Labute approximate surface area is 228 Å². The molecule has 0 radical (unpaired) electrons. The molecule has 4 aromatic rings. The minimum atomic E-state index is -4.47. The summed E-state index contributed by atoms with van der Waals surface area (Å²) in [7, 11) is -8.94. The molecule has 0 fully saturated rings. The van der Waals surface area contributed by atoms with Crippen molar-refractivity contribution in [3.63, 3.8) is 0 Å². The second-order valence-corrected chi connectivity index (χ2v) is 9.86. The molecule has 0 saturated heterocycles. The first-order chi connectivity index (χ1) is 13.8. The third-order valence-corrected chi connectivity index (χ3v) is 7.40. The Morgan fingerprint density at radius 3 is 1.32 bits per heavy atom. The molecule has 0 saturated carbocycles. The molecule has 152 valence electrons. The van der Waals surface area contributed by atoms with Gasteiger partial charge in [0.1, 0.15) is 11.5 Å². The minimum absolute atomic E-state index is 0. The first-order valence-electron chi connectivity index (χ1n) is 8.63. The Hall–Kier alpha value is -1.10. The molecule has 0 aliphatic rings. The summed E-state index contributed by atoms with van der Waals surface area (Å²) in [5.74, 6) is 0.118. The molecule has 0 bridgehead atoms. The van der Waals surface area contributed by atoms with Crippen LogP contribution in [-0.2, 0) is 20.2 Å². The third-order valence-electron chi connectivity index (χ3n) is 4.22. The van der Waals surface area contributed by atoms with E-state index in [4.69, 9.17) is 8.37 Å². The van der Waals surface area contributed by atoms with Crippen molar-refractivity contribution >= 4 is 41.8 Å². The predicted molar refractivity (Wildman–Crippen MR) is 114 cm³/mol. The maximum atomic E-state index is 12.4. The number of fused-ring (bicyclic) bond motifs is 2. The van der Waals surface area contributed by atoms with Gasteiger partial charge < -0.3 is 11.2 Å². The van der Waals surface area contributed by atoms with E-state index in [1.54, 1.807) is 60.7 Å². The average molecular weight is 476 g/mol. The monoisotopic (exact) mass is 476 g/mol. The van der Waals surface area contributed by atoms with Gasteiger partial charge in [-0.3, -0.25) is 0 Å². The molecular formula is C21H18Na2O6S2. The fraction of sp³-hybridized carbons (Fsp3) is 0.0476. The van der Waals surface area contributed by atoms with Gasteiger partial charge in [0, 0.05) is 10.8 Å². The molecule has 31 heavy (non-hydrogen) atoms. The molecule has 0 spiro atoms. The van der Waals surface area contributed by atoms with Gasteiger partial charge in [0.2, 0.25) is 5.08 Å². The molecule has 0 heterocycles. The van der Waals surface area contributed by atoms with Gasteiger partial charge in [-0.15, -0.1) is 0 Å². The van der Waals surface area contributed by atoms with Gasteiger partial charge in [-0.25, -0.2) is 0 Å². The zero-order chi connectivity index (χ0) is 20.5. The summed E-state index contributed by atoms with van der Waals surface area (Å²) in [4.78, 5) is 0. The summed E-state index contributed by atoms with van der Waals surface area (Å²) >= 11 is 0. The largest absolute Gasteiger partial charge is 1.00 e. The molecule has 10 heteroatoms. The summed E-state index contributed by atoms with van der Waals surface area (Å²) in [5, 5.41) is 1.36. The molecular weight excluding hydrogens is 458 g/mol. The molecule has 0 aliphatic heterocycles. The normalized spacial score (nSPS) is 11.4. The smallest absolute Gasteiger partial charge is 1.00 e. The van der Waals surface area contributed by atoms with Crippen molar-refractivity contribution in [3.05, 3.63) is 84.9 Å². The zero-order valence-corrected chi connectivity index (χ0v) is 22.7. The average Bonchev–Trinajstić information content (AvgIpc) is 2.67. The van der Waals surface area contributed by atoms with Crippen LogP contribution in [0.3, 0.4) is 0 Å². The van der Waals surface area contributed by atoms with E-state index in [1.165, 1.54) is 12.1 Å². The number of hydrogen-bond acceptors (Lipinski definition) is 6. The molecule has 0 amide bonds. The zero-order valence-electron chi connectivity index (χ0n) is 19.1. The van der Waals surface area contributed by atoms with Crippen LogP contribution in [0.15, 0.2) is 84.9 Å². The summed E-state index contributed by atoms with van der Waals surface area (Å²) in [5.41, 5.74) is 0. The van der Waals surface area contributed by atoms with Crippen LogP contribution in [0.25, 0.3) is 21.5 Å². The first-order valence-corrected chi connectivity index (χ1v) is 11.8. The van der Waals surface area contributed by atoms with Crippen LogP contribution >= 0.6 is 0 Å². The van der Waals surface area contributed by atoms with Crippen molar-refractivity contribution in [3.8, 4) is 11.5 Å². The van der Waals surface area contributed by atoms with Gasteiger partial charge in [-0.05, 0) is 22.9 Å². The molecule has 6 nitrogen and oxygen atoms in total. The van der Waals surface area contributed by atoms with Gasteiger partial charge in [-0.1, -0.05) is 72.8 Å². The fourth-order valence-corrected chi connectivity index (χ4v) is 5.67. The van der Waals surface area contributed by atoms with Crippen molar-refractivity contribution in [2.45, 2.75) is 0 Å². The third kappa shape index (κ3) is 6.46. The molecule has 0 unspecified atom stereocenters. The Bertz CT molecular complexity index is 1310. The van der Waals surface area contributed by atoms with Gasteiger partial charge in [0.15, 0.2) is 0 Å². The summed E-state index contributed by atoms with van der Waals surface area (Å²) in [6.07, 6.45) is 0. The summed E-state index contributed by atoms with van der Waals surface area (Å²) < 4.78 is 59.9. The van der Waals surface area contributed by atoms with E-state index >= 15 is 0 Å². The van der Waals surface area contributed by atoms with Gasteiger partial charge in [0.05, 0.1) is 0 Å². The maximum absolute atomic E-state index is 12.4. The van der Waals surface area contributed by atoms with Crippen LogP contribution in [0.4, 0.5) is 0 Å². The van der Waals surface area contributed by atoms with E-state index < -0.39 is 25.3 Å². The Morgan fingerprint density at radius 2 is 0.903 bits per heavy atom. The molecule has 0 atom stereocenters. The van der Waals surface area contributed by atoms with Crippen LogP contribution in [-0.4, -0.2) is 21.9 Å². The van der Waals surface area contributed by atoms with Crippen LogP contribution in [0.1, 0.15) is 2.85 Å². The van der Waals surface area contributed by atoms with Crippen LogP contribution < -0.4 is 67.5 Å². The Balaban J connectivity index is 0.00000256. The maximum Gasteiger partial charge on any atom is 1.00 e. The molecule has 4 rings (SSSR count). The molecule has 4 aromatic carbocycles. The Kier molecular flexibility index (Phi) is 9.01. The van der Waals surface area contributed by atoms with Crippen molar-refractivity contribution in [1.82, 2.24) is 0 Å². The predicted octanol–water partition coefficient (Wildman–Crippen LogP) is -1.70. The van der Waals surface area contributed by atoms with Gasteiger partial charge in [0.25, 0.3) is 0 Å². The van der Waals surface area contributed by atoms with E-state index in [2.05, 4.69) is 0 Å². The van der Waals surface area contributed by atoms with Crippen molar-refractivity contribution in [1.29, 1.82) is 0 Å². The number of benzene rings is 4. The van der Waals surface area contributed by atoms with E-state index in [0.717, 1.165) is 10.8 Å². The minimum Gasteiger partial charge on any atom is -1.00 e. The second kappa shape index (κ2) is 10.7. The topological polar surface area (TPSA) is 86.7 Å². The van der Waals surface area contributed by atoms with Crippen molar-refractivity contribution in [2.75, 3.05) is 5.08 Å². The summed E-state index contributed by atoms with van der Waals surface area (Å²) in [6.45, 7) is 0. The number of hydrogen-bond donors (Lipinski definition) is 0. The second-order valence-electron chi connectivity index (χ2n) is 6.35. The fourth-order valence-electron chi connectivity index (χ4n) is 3.04. The quantitative estimate of drug-likeness (QED) is 0.244. The van der Waals surface area contributed by atoms with Gasteiger partial charge >= 0.3 is 79.4 Å². The van der Waals surface area contributed by atoms with Crippen LogP contribution in [0, 0.1) is 0 Å². The van der Waals surface area contributed by atoms with Crippen LogP contribution in [0.2, 0.25) is 0 Å². The summed E-state index contributed by atoms with van der Waals surface area (Å²) in [6, 6.07) is 23.9. The van der Waals surface area contributed by atoms with Crippen molar-refractivity contribution < 1.29 is 87.2 Å². The molecule has 0 aliphatic carbocycles. The molecule has 0 N–H and O–H groups in total. The van der Waals surface area contributed by atoms with E-state index in [0.29, 0.717) is 10.8 Å². The Morgan fingerprint density at radius 1 is 0.548 bits per heavy atom. The first kappa shape index (κ1) is 26.2. The van der Waals surface area contributed by atoms with E-state index in [1.807, 2.05) is 12.1 Å². The van der Waals surface area contributed by atoms with E-state index in [-0.39, 0.29) is 73.5 Å². The van der Waals surface area contributed by atoms with Crippen molar-refractivity contribution in [2.24, 2.45) is 0 Å². The SMILES string of the molecule is O=S(=O)(CS(=O)(=O)Oc1cccc2ccccc12)Oc1cccc2ccccc12.[H-].[H-].[Na+].[Na+]. The number of rotatable bonds is 6. The van der Waals surface area contributed by atoms with Gasteiger partial charge in [-0.2, -0.15) is 16.8 Å². The standard InChI is InChI=1S/C21H16O6S2.2Na.2H/c22-28(23,26-20-13-5-9-16-7-1-3-11-18(16)20)15-29(24,25)27-21-14-6-10-17-8-2-4-12-19(17)21;;;;/h1-14H,15H2;;;;/q;2*+1;2*-1.